The Balaban J connectivity index is 0.540. The Bertz CT molecular complexity index is 4480. The lowest BCUT2D eigenvalue weighted by Gasteiger charge is -2.36. The first-order valence-corrected chi connectivity index (χ1v) is 34.5. The smallest absolute Gasteiger partial charge is 0.407 e. The second-order valence-corrected chi connectivity index (χ2v) is 26.2. The molecule has 0 unspecified atom stereocenters. The van der Waals surface area contributed by atoms with Crippen molar-refractivity contribution in [2.24, 2.45) is 29.3 Å². The molecule has 32 nitrogen and oxygen atoms in total. The van der Waals surface area contributed by atoms with Crippen molar-refractivity contribution in [1.29, 1.82) is 0 Å². The summed E-state index contributed by atoms with van der Waals surface area (Å²) in [5.41, 5.74) is 17.2. The van der Waals surface area contributed by atoms with E-state index in [-0.39, 0.29) is 128 Å². The Morgan fingerprint density at radius 1 is 0.714 bits per heavy atom. The number of esters is 2. The van der Waals surface area contributed by atoms with Crippen LogP contribution in [0.1, 0.15) is 131 Å². The Morgan fingerprint density at radius 3 is 2.05 bits per heavy atom. The number of nitrogens with two attached hydrogens (primary N) is 3. The molecule has 1 fully saturated rings. The Labute approximate surface area is 606 Å². The summed E-state index contributed by atoms with van der Waals surface area (Å²) in [6.07, 6.45) is 4.01. The minimum absolute atomic E-state index is 0.0503. The third-order valence-electron chi connectivity index (χ3n) is 18.7. The van der Waals surface area contributed by atoms with Crippen molar-refractivity contribution < 1.29 is 77.7 Å². The molecule has 6 atom stereocenters. The number of nitrogens with one attached hydrogen (secondary N) is 8. The van der Waals surface area contributed by atoms with Gasteiger partial charge in [-0.15, -0.1) is 0 Å². The fourth-order valence-corrected chi connectivity index (χ4v) is 13.4. The number of rotatable bonds is 29. The third kappa shape index (κ3) is 17.9. The summed E-state index contributed by atoms with van der Waals surface area (Å²) >= 11 is 5.53. The molecule has 0 bridgehead atoms. The van der Waals surface area contributed by atoms with Crippen LogP contribution in [0.15, 0.2) is 121 Å². The number of alkyl carbamates (subject to hydrolysis) is 1. The number of aromatic nitrogens is 4. The minimum atomic E-state index is -1.42. The van der Waals surface area contributed by atoms with Gasteiger partial charge in [-0.25, -0.2) is 35.0 Å². The number of amides is 5. The molecule has 2 aromatic heterocycles. The second-order valence-electron chi connectivity index (χ2n) is 25.8. The van der Waals surface area contributed by atoms with Crippen LogP contribution in [0.3, 0.4) is 0 Å². The number of thiocarbonyl (C=S) groups is 1. The van der Waals surface area contributed by atoms with Gasteiger partial charge >= 0.3 is 24.0 Å². The molecule has 0 radical (unpaired) electrons. The van der Waals surface area contributed by atoms with Gasteiger partial charge in [0.15, 0.2) is 21.9 Å². The van der Waals surface area contributed by atoms with Crippen molar-refractivity contribution in [3.05, 3.63) is 160 Å². The molecule has 1 saturated carbocycles. The number of hydrazine groups is 1. The number of carbonyl (C=O) groups excluding carboxylic acids is 7. The molecule has 33 heteroatoms. The molecule has 5 aromatic carbocycles. The van der Waals surface area contributed by atoms with Gasteiger partial charge in [0, 0.05) is 95.5 Å². The number of allylic oxidation sites excluding steroid dienone is 2. The number of phenols is 2. The summed E-state index contributed by atoms with van der Waals surface area (Å²) in [6, 6.07) is 24.5. The summed E-state index contributed by atoms with van der Waals surface area (Å²) in [5, 5.41) is 64.9. The van der Waals surface area contributed by atoms with E-state index in [4.69, 9.17) is 48.5 Å². The van der Waals surface area contributed by atoms with Crippen LogP contribution in [0, 0.1) is 17.8 Å². The molecular formula is C72H80N16O16S. The molecule has 1 spiro atoms. The van der Waals surface area contributed by atoms with Crippen molar-refractivity contribution in [2.45, 2.75) is 108 Å². The van der Waals surface area contributed by atoms with Gasteiger partial charge in [0.25, 0.3) is 11.8 Å². The van der Waals surface area contributed by atoms with E-state index < -0.39 is 71.3 Å². The average Bonchev–Trinajstić information content (AvgIpc) is 1.61. The van der Waals surface area contributed by atoms with Crippen molar-refractivity contribution >= 4 is 99.1 Å². The number of carboxylic acids is 1. The number of ether oxygens (including phenoxy) is 4. The van der Waals surface area contributed by atoms with Crippen LogP contribution in [0.2, 0.25) is 0 Å². The van der Waals surface area contributed by atoms with E-state index in [1.54, 1.807) is 85.8 Å². The van der Waals surface area contributed by atoms with Crippen molar-refractivity contribution in [3.63, 3.8) is 0 Å². The van der Waals surface area contributed by atoms with Crippen LogP contribution in [0.4, 0.5) is 27.8 Å². The maximum atomic E-state index is 13.6. The maximum absolute atomic E-state index is 13.6. The molecular weight excluding hydrogens is 1380 g/mol. The number of fused-ring (bicyclic) bond motifs is 8. The van der Waals surface area contributed by atoms with Gasteiger partial charge in [0.2, 0.25) is 23.6 Å². The number of phenolic OH excluding ortho intramolecular Hbond substituents is 2. The molecule has 105 heavy (non-hydrogen) atoms. The van der Waals surface area contributed by atoms with E-state index in [2.05, 4.69) is 62.5 Å². The zero-order chi connectivity index (χ0) is 74.6. The highest BCUT2D eigenvalue weighted by molar-refractivity contribution is 7.80. The first-order valence-electron chi connectivity index (χ1n) is 34.1. The molecule has 2 aliphatic heterocycles. The minimum Gasteiger partial charge on any atom is -0.508 e. The van der Waals surface area contributed by atoms with Gasteiger partial charge in [-0.05, 0) is 180 Å². The SMILES string of the molecule is COC(=O)[C@H](CCCCNC(=O)c1ccc(N(N)/C2=C(\N)CC[C@H]3[C@@H](CC2)[C@H]3COC(=O)NCCNC(=S)Nc2ccc3c(c2)C(=O)OC32c3ccc(O)cc3Oc3cc(O)ccc32)cc1)NC(=O)CC[C@H](NC(=O)CC[C@@H](C)NC(=O)c1ccc(NCc2cnc3nc(N)nc(O)c3n2)cc1)C(=O)O. The molecule has 550 valence electrons. The van der Waals surface area contributed by atoms with E-state index in [0.29, 0.717) is 93.8 Å². The lowest BCUT2D eigenvalue weighted by molar-refractivity contribution is -0.145. The van der Waals surface area contributed by atoms with Crippen LogP contribution >= 0.6 is 12.2 Å². The average molecular weight is 1460 g/mol. The highest BCUT2D eigenvalue weighted by atomic mass is 32.1. The number of carboxylic acid groups (broad SMARTS) is 1. The number of carbonyl (C=O) groups is 8. The Morgan fingerprint density at radius 2 is 1.35 bits per heavy atom. The highest BCUT2D eigenvalue weighted by Crippen LogP contribution is 2.58. The fourth-order valence-electron chi connectivity index (χ4n) is 13.2. The number of nitrogen functional groups attached to an aromatic ring is 1. The van der Waals surface area contributed by atoms with Gasteiger partial charge in [-0.3, -0.25) is 24.2 Å². The number of anilines is 4. The molecule has 11 rings (SSSR count). The summed E-state index contributed by atoms with van der Waals surface area (Å²) < 4.78 is 22.8. The molecule has 4 heterocycles. The molecule has 7 aromatic rings. The number of aliphatic carboxylic acids is 1. The van der Waals surface area contributed by atoms with Gasteiger partial charge in [-0.1, -0.05) is 6.07 Å². The standard InChI is InChI=1S/C72H80N16O16S/c1-37(81-64(94)39-7-11-40(12-8-39)79-34-42-35-80-62-61(82-42)65(95)87-69(74)86-62)6-26-59(91)84-54(66(96)97)24-27-60(92)85-55(68(99)101-2)5-3-4-28-76-63(93)38-9-14-43(15-10-38)88(75)56-25-19-47-46(18-23-53(56)73)49(47)36-102-71(100)78-30-29-77-70(105)83-41-13-20-50-48(31-41)67(98)104-72(50)51-21-16-44(89)32-57(51)103-58-33-45(90)17-22-52(58)72/h7-17,20-22,31-33,35,37,46-47,49,54-55,79,89-90H,3-6,18-19,23-30,34,36,73,75H2,1-2H3,(H,76,93)(H,78,100)(H,81,94)(H,84,91)(H,85,92)(H,96,97)(H2,77,83,105)(H3,74,80,86,87,95)/b56-53-/t37-,46+,47-,49+,54+,55+/m1/s1. The number of benzene rings is 5. The van der Waals surface area contributed by atoms with Crippen molar-refractivity contribution in [2.75, 3.05) is 54.7 Å². The van der Waals surface area contributed by atoms with E-state index in [1.165, 1.54) is 42.6 Å². The number of unbranched alkanes of at least 4 members (excludes halogenated alkanes) is 1. The van der Waals surface area contributed by atoms with E-state index in [1.807, 2.05) is 0 Å². The predicted octanol–water partition coefficient (Wildman–Crippen LogP) is 5.80. The molecule has 0 saturated heterocycles. The predicted molar refractivity (Wildman–Crippen MR) is 385 cm³/mol. The summed E-state index contributed by atoms with van der Waals surface area (Å²) in [4.78, 5) is 119. The normalized spacial score (nSPS) is 17.3. The van der Waals surface area contributed by atoms with Crippen LogP contribution in [-0.4, -0.2) is 145 Å². The van der Waals surface area contributed by atoms with Crippen LogP contribution in [-0.2, 0) is 45.5 Å². The quantitative estimate of drug-likeness (QED) is 0.00657. The van der Waals surface area contributed by atoms with Crippen LogP contribution in [0.25, 0.3) is 11.2 Å². The summed E-state index contributed by atoms with van der Waals surface area (Å²) in [5.74, 6) is 2.70. The lowest BCUT2D eigenvalue weighted by atomic mass is 9.77. The second kappa shape index (κ2) is 32.9. The molecule has 18 N–H and O–H groups in total. The topological polar surface area (TPSA) is 483 Å². The number of aromatic hydroxyl groups is 3. The van der Waals surface area contributed by atoms with Gasteiger partial charge in [0.05, 0.1) is 49.1 Å². The van der Waals surface area contributed by atoms with Crippen molar-refractivity contribution in [3.8, 4) is 28.9 Å². The highest BCUT2D eigenvalue weighted by Gasteiger charge is 2.54. The molecule has 4 aliphatic rings. The monoisotopic (exact) mass is 1460 g/mol. The Kier molecular flexibility index (Phi) is 23.2. The van der Waals surface area contributed by atoms with Crippen molar-refractivity contribution in [1.82, 2.24) is 51.8 Å². The van der Waals surface area contributed by atoms with Gasteiger partial charge in [-0.2, -0.15) is 9.97 Å². The summed E-state index contributed by atoms with van der Waals surface area (Å²) in [6.45, 7) is 2.86. The first kappa shape index (κ1) is 74.1. The van der Waals surface area contributed by atoms with Crippen LogP contribution in [0.5, 0.6) is 28.9 Å². The first-order chi connectivity index (χ1) is 50.4. The van der Waals surface area contributed by atoms with E-state index in [9.17, 15) is 58.8 Å². The number of nitrogens with zero attached hydrogens (tertiary/aromatic N) is 5. The number of hydrogen-bond acceptors (Lipinski definition) is 25. The fraction of sp³-hybridized carbons (Fsp3) is 0.347. The molecule has 5 amide bonds. The largest absolute Gasteiger partial charge is 0.508 e. The zero-order valence-corrected chi connectivity index (χ0v) is 58.1. The van der Waals surface area contributed by atoms with Gasteiger partial charge < -0.3 is 93.4 Å². The van der Waals surface area contributed by atoms with E-state index >= 15 is 0 Å². The van der Waals surface area contributed by atoms with Crippen LogP contribution < -0.4 is 69.6 Å². The molecule has 2 aliphatic carbocycles. The number of hydrogen-bond donors (Lipinski definition) is 15. The summed E-state index contributed by atoms with van der Waals surface area (Å²) in [7, 11) is 1.17. The van der Waals surface area contributed by atoms with Gasteiger partial charge in [0.1, 0.15) is 35.1 Å². The maximum Gasteiger partial charge on any atom is 0.407 e. The van der Waals surface area contributed by atoms with E-state index in [0.717, 1.165) is 18.5 Å². The Hall–Kier alpha value is -12.1. The lowest BCUT2D eigenvalue weighted by Crippen LogP contribution is -2.44. The third-order valence-corrected chi connectivity index (χ3v) is 19.0. The number of methoxy groups -OCH3 is 1. The zero-order valence-electron chi connectivity index (χ0n) is 57.2.